The van der Waals surface area contributed by atoms with Crippen molar-refractivity contribution >= 4 is 104 Å². The number of ether oxygens (including phenoxy) is 4. The number of allylic oxidation sites excluding steroid dienone is 8. The van der Waals surface area contributed by atoms with Gasteiger partial charge >= 0.3 is 36.2 Å². The maximum absolute atomic E-state index is 15.7. The number of Topliss-reactive ketones (excluding diaryl/α,β-unsaturated/α-hetero) is 4. The number of carbonyl (C=O) groups is 8. The lowest BCUT2D eigenvalue weighted by Crippen LogP contribution is -2.47. The number of ketones is 4. The molecular formula is C74H44F6O12S2. The lowest BCUT2D eigenvalue weighted by molar-refractivity contribution is -0.166. The summed E-state index contributed by atoms with van der Waals surface area (Å²) in [5.41, 5.74) is -6.19. The molecule has 2 aromatic heterocycles. The monoisotopic (exact) mass is 1300 g/mol. The smallest absolute Gasteiger partial charge is 0.416 e. The molecule has 0 N–H and O–H groups in total. The summed E-state index contributed by atoms with van der Waals surface area (Å²) in [4.78, 5) is 118. The predicted molar refractivity (Wildman–Crippen MR) is 333 cm³/mol. The van der Waals surface area contributed by atoms with Crippen molar-refractivity contribution in [3.8, 4) is 0 Å². The number of carbonyl (C=O) groups excluding carboxylic acids is 8. The minimum Gasteiger partial charge on any atom is -0.459 e. The number of hydrogen-bond donors (Lipinski definition) is 0. The Balaban J connectivity index is 0.967. The number of hydrogen-bond acceptors (Lipinski definition) is 14. The van der Waals surface area contributed by atoms with Gasteiger partial charge in [0.25, 0.3) is 0 Å². The van der Waals surface area contributed by atoms with E-state index in [1.54, 1.807) is 146 Å². The summed E-state index contributed by atoms with van der Waals surface area (Å²) in [5.74, 6) is -10.4. The van der Waals surface area contributed by atoms with Crippen LogP contribution < -0.4 is 0 Å². The number of fused-ring (bicyclic) bond motifs is 9. The second kappa shape index (κ2) is 23.1. The summed E-state index contributed by atoms with van der Waals surface area (Å²) in [5, 5.41) is 0. The van der Waals surface area contributed by atoms with Gasteiger partial charge in [-0.1, -0.05) is 146 Å². The highest BCUT2D eigenvalue weighted by molar-refractivity contribution is 7.15. The largest absolute Gasteiger partial charge is 0.459 e. The molecule has 2 atom stereocenters. The molecule has 94 heavy (non-hydrogen) atoms. The molecule has 0 aliphatic heterocycles. The quantitative estimate of drug-likeness (QED) is 0.0252. The number of benzene rings is 6. The topological polar surface area (TPSA) is 173 Å². The van der Waals surface area contributed by atoms with E-state index in [9.17, 15) is 45.5 Å². The number of thiophene rings is 2. The van der Waals surface area contributed by atoms with Crippen molar-refractivity contribution in [3.63, 3.8) is 0 Å². The fourth-order valence-electron chi connectivity index (χ4n) is 12.9. The van der Waals surface area contributed by atoms with Gasteiger partial charge in [-0.15, -0.1) is 22.7 Å². The molecule has 0 saturated heterocycles. The summed E-state index contributed by atoms with van der Waals surface area (Å²) in [7, 11) is 0. The predicted octanol–water partition coefficient (Wildman–Crippen LogP) is 14.5. The summed E-state index contributed by atoms with van der Waals surface area (Å²) in [6.07, 6.45) is -0.449. The van der Waals surface area contributed by atoms with Crippen molar-refractivity contribution in [2.75, 3.05) is 0 Å². The molecule has 6 aliphatic carbocycles. The number of esters is 4. The van der Waals surface area contributed by atoms with Gasteiger partial charge in [0.15, 0.2) is 0 Å². The number of halogens is 6. The van der Waals surface area contributed by atoms with E-state index in [0.29, 0.717) is 46.5 Å². The third kappa shape index (κ3) is 10.1. The second-order valence-electron chi connectivity index (χ2n) is 23.0. The van der Waals surface area contributed by atoms with Crippen LogP contribution in [-0.4, -0.2) is 47.0 Å². The zero-order chi connectivity index (χ0) is 65.6. The lowest BCUT2D eigenvalue weighted by Gasteiger charge is -2.35. The second-order valence-corrected chi connectivity index (χ2v) is 25.1. The molecule has 0 amide bonds. The molecule has 20 heteroatoms. The third-order valence-electron chi connectivity index (χ3n) is 17.4. The fraction of sp³-hybridized carbons (Fsp3) is 0.135. The van der Waals surface area contributed by atoms with Crippen LogP contribution in [0.25, 0.3) is 34.4 Å². The van der Waals surface area contributed by atoms with E-state index in [4.69, 9.17) is 18.9 Å². The van der Waals surface area contributed by atoms with E-state index < -0.39 is 93.2 Å². The van der Waals surface area contributed by atoms with Crippen molar-refractivity contribution in [3.05, 3.63) is 292 Å². The zero-order valence-corrected chi connectivity index (χ0v) is 50.2. The Hall–Kier alpha value is -10.7. The van der Waals surface area contributed by atoms with Crippen LogP contribution in [0.1, 0.15) is 95.9 Å². The average Bonchev–Trinajstić information content (AvgIpc) is 1.52. The highest BCUT2D eigenvalue weighted by atomic mass is 32.1. The molecule has 466 valence electrons. The standard InChI is InChI=1S/C74H44F6O12S2/c75-73(76,77)45-21-23-49-51(29-45)53(63(83)61(49)81)31-47-33-59-65(93-47)55-25-44-28-58-56(26-43(44)27-57(55)71(59,67(85)89-35-39-13-5-1-6-14-39)68(86)90-36-40-15-7-2-8-16-40)66-60(34-48(94-66)32-54-52-30-46(74(78,79)80)22-24-50(52)62(82)64(54)84)72(58,69(87)91-37-41-17-9-3-10-18-41)70(88)92-38-42-19-11-4-12-20-42/h1-34,43-44H,35-38H2/b53-31-,54-32-. The van der Waals surface area contributed by atoms with Crippen molar-refractivity contribution in [2.24, 2.45) is 11.8 Å². The molecular weight excluding hydrogens is 1260 g/mol. The van der Waals surface area contributed by atoms with Gasteiger partial charge in [-0.05, 0) is 116 Å². The lowest BCUT2D eigenvalue weighted by atomic mass is 9.68. The van der Waals surface area contributed by atoms with E-state index >= 15 is 19.2 Å². The van der Waals surface area contributed by atoms with Crippen LogP contribution in [0.5, 0.6) is 0 Å². The van der Waals surface area contributed by atoms with Crippen LogP contribution in [0.4, 0.5) is 26.3 Å². The van der Waals surface area contributed by atoms with Crippen molar-refractivity contribution < 1.29 is 83.6 Å². The van der Waals surface area contributed by atoms with Gasteiger partial charge in [-0.2, -0.15) is 26.3 Å². The van der Waals surface area contributed by atoms with Gasteiger partial charge in [-0.3, -0.25) is 38.4 Å². The van der Waals surface area contributed by atoms with Gasteiger partial charge in [0, 0.05) is 64.7 Å². The molecule has 0 spiro atoms. The van der Waals surface area contributed by atoms with Crippen LogP contribution >= 0.6 is 22.7 Å². The van der Waals surface area contributed by atoms with Gasteiger partial charge in [0.2, 0.25) is 34.0 Å². The van der Waals surface area contributed by atoms with E-state index in [-0.39, 0.29) is 113 Å². The first kappa shape index (κ1) is 60.8. The molecule has 14 rings (SSSR count). The van der Waals surface area contributed by atoms with Gasteiger partial charge in [-0.25, -0.2) is 0 Å². The minimum absolute atomic E-state index is 0.00331. The molecule has 0 saturated carbocycles. The molecule has 0 fully saturated rings. The van der Waals surface area contributed by atoms with Crippen LogP contribution in [0, 0.1) is 11.8 Å². The highest BCUT2D eigenvalue weighted by Crippen LogP contribution is 2.62. The van der Waals surface area contributed by atoms with Crippen LogP contribution in [0.2, 0.25) is 0 Å². The van der Waals surface area contributed by atoms with Crippen molar-refractivity contribution in [1.29, 1.82) is 0 Å². The average molecular weight is 1300 g/mol. The molecule has 2 heterocycles. The first-order valence-electron chi connectivity index (χ1n) is 29.2. The zero-order valence-electron chi connectivity index (χ0n) is 48.6. The van der Waals surface area contributed by atoms with Crippen LogP contribution in [-0.2, 0) is 97.3 Å². The number of alkyl halides is 6. The third-order valence-corrected chi connectivity index (χ3v) is 19.6. The molecule has 6 aromatic carbocycles. The van der Waals surface area contributed by atoms with Crippen LogP contribution in [0.15, 0.2) is 205 Å². The Morgan fingerprint density at radius 1 is 0.394 bits per heavy atom. The van der Waals surface area contributed by atoms with E-state index in [1.807, 2.05) is 0 Å². The van der Waals surface area contributed by atoms with E-state index in [2.05, 4.69) is 0 Å². The normalized spacial score (nSPS) is 18.6. The Morgan fingerprint density at radius 3 is 1.00 bits per heavy atom. The maximum Gasteiger partial charge on any atom is 0.416 e. The summed E-state index contributed by atoms with van der Waals surface area (Å²) in [6, 6.07) is 41.9. The highest BCUT2D eigenvalue weighted by Gasteiger charge is 2.64. The summed E-state index contributed by atoms with van der Waals surface area (Å²) < 4.78 is 110. The van der Waals surface area contributed by atoms with Crippen molar-refractivity contribution in [1.82, 2.24) is 0 Å². The SMILES string of the molecule is O=C1C(=O)c2ccc(C(F)(F)F)cc2/C1=C/c1cc2c(s1)C1=CC3C=C4C(=CC3C=C1C2(C(=O)OCc1ccccc1)C(=O)OCc1ccccc1)c1sc(/C=C2\C(=O)C(=O)c3ccc(C(F)(F)F)cc32)cc1C4(C(=O)OCc1ccccc1)C(=O)OCc1ccccc1. The Kier molecular flexibility index (Phi) is 15.0. The molecule has 0 bridgehead atoms. The van der Waals surface area contributed by atoms with E-state index in [1.165, 1.54) is 24.3 Å². The van der Waals surface area contributed by atoms with Crippen LogP contribution in [0.3, 0.4) is 0 Å². The fourth-order valence-corrected chi connectivity index (χ4v) is 15.3. The minimum atomic E-state index is -4.85. The Labute approximate surface area is 538 Å². The molecule has 2 unspecified atom stereocenters. The Bertz CT molecular complexity index is 4400. The Morgan fingerprint density at radius 2 is 0.702 bits per heavy atom. The molecule has 8 aromatic rings. The first-order chi connectivity index (χ1) is 45.1. The first-order valence-corrected chi connectivity index (χ1v) is 30.9. The number of rotatable bonds is 14. The van der Waals surface area contributed by atoms with Gasteiger partial charge in [0.1, 0.15) is 26.4 Å². The van der Waals surface area contributed by atoms with Gasteiger partial charge in [0.05, 0.1) is 11.1 Å². The molecule has 0 radical (unpaired) electrons. The van der Waals surface area contributed by atoms with Gasteiger partial charge < -0.3 is 18.9 Å². The van der Waals surface area contributed by atoms with Crippen molar-refractivity contribution in [2.45, 2.75) is 49.6 Å². The summed E-state index contributed by atoms with van der Waals surface area (Å²) >= 11 is 1.91. The molecule has 6 aliphatic rings. The maximum atomic E-state index is 15.7. The summed E-state index contributed by atoms with van der Waals surface area (Å²) in [6.45, 7) is -1.37. The molecule has 12 nitrogen and oxygen atoms in total. The van der Waals surface area contributed by atoms with E-state index in [0.717, 1.165) is 34.8 Å².